The first-order valence-corrected chi connectivity index (χ1v) is 24.8. The van der Waals surface area contributed by atoms with E-state index in [1.54, 1.807) is 47.6 Å². The summed E-state index contributed by atoms with van der Waals surface area (Å²) in [7, 11) is -1.70. The summed E-state index contributed by atoms with van der Waals surface area (Å²) in [5, 5.41) is 13.0. The molecule has 5 rings (SSSR count). The zero-order valence-electron chi connectivity index (χ0n) is 41.1. The molecule has 70 heavy (non-hydrogen) atoms. The van der Waals surface area contributed by atoms with Crippen LogP contribution >= 0.6 is 8.38 Å². The molecule has 0 radical (unpaired) electrons. The maximum Gasteiger partial charge on any atom is 0.313 e. The summed E-state index contributed by atoms with van der Waals surface area (Å²) in [5.41, 5.74) is 7.59. The van der Waals surface area contributed by atoms with Gasteiger partial charge in [-0.15, -0.1) is 0 Å². The first-order chi connectivity index (χ1) is 33.2. The molecule has 1 aliphatic rings. The normalized spacial score (nSPS) is 15.9. The molecule has 5 amide bonds. The van der Waals surface area contributed by atoms with Gasteiger partial charge in [0.15, 0.2) is 22.0 Å². The van der Waals surface area contributed by atoms with Crippen molar-refractivity contribution in [1.29, 1.82) is 0 Å². The van der Waals surface area contributed by atoms with E-state index >= 15 is 0 Å². The molecule has 19 heteroatoms. The number of nitrogens with one attached hydrogen (secondary N) is 5. The molecule has 378 valence electrons. The van der Waals surface area contributed by atoms with E-state index in [1.165, 1.54) is 4.90 Å². The quantitative estimate of drug-likeness (QED) is 0.0151. The lowest BCUT2D eigenvalue weighted by molar-refractivity contribution is -0.161. The van der Waals surface area contributed by atoms with E-state index in [0.717, 1.165) is 27.6 Å². The highest BCUT2D eigenvalue weighted by Crippen LogP contribution is 2.43. The lowest BCUT2D eigenvalue weighted by Gasteiger charge is -2.28. The molecule has 1 fully saturated rings. The van der Waals surface area contributed by atoms with Crippen LogP contribution in [0.3, 0.4) is 0 Å². The topological polar surface area (TPSA) is 250 Å². The Labute approximate surface area is 410 Å². The molecule has 4 atom stereocenters. The van der Waals surface area contributed by atoms with E-state index in [1.807, 2.05) is 85.8 Å². The van der Waals surface area contributed by atoms with Crippen LogP contribution in [0.4, 0.5) is 0 Å². The van der Waals surface area contributed by atoms with E-state index in [9.17, 15) is 33.6 Å². The average Bonchev–Trinajstić information content (AvgIpc) is 3.95. The fraction of sp³-hybridized carbons (Fsp3) is 0.471. The third-order valence-electron chi connectivity index (χ3n) is 11.6. The Morgan fingerprint density at radius 1 is 0.814 bits per heavy atom. The van der Waals surface area contributed by atoms with Crippen molar-refractivity contribution < 1.29 is 52.1 Å². The standard InChI is InChI=1S/C51H68N7O11P/c1-33(54-46(62)41-27-37-26-34(18-20-39(37)55-41)29-70(68-31-66-48(64)50(2,3)4)69-32-67-49(65)51(5,6)7)28-53-25-24-38-19-22-42(58(38)30-59)47(63)56-40(21-23-43(52)60)45(61)57-44(35-14-10-8-11-15-35)36-16-12-9-13-17-36/h8-18,20,26-27,30,33,38,40,42,44,53,55H,19,21-25,28-29,31-32H2,1-7H3,(H2,52,60)(H,54,62)(H,56,63)(H,57,61). The van der Waals surface area contributed by atoms with Crippen LogP contribution in [0.1, 0.15) is 114 Å². The monoisotopic (exact) mass is 985 g/mol. The number of H-pyrrole nitrogens is 1. The van der Waals surface area contributed by atoms with Crippen LogP contribution in [0, 0.1) is 10.8 Å². The largest absolute Gasteiger partial charge is 0.438 e. The Bertz CT molecular complexity index is 2330. The molecule has 7 N–H and O–H groups in total. The van der Waals surface area contributed by atoms with Crippen molar-refractivity contribution in [2.45, 2.75) is 117 Å². The molecule has 4 aromatic rings. The molecular formula is C51H68N7O11P. The van der Waals surface area contributed by atoms with Crippen molar-refractivity contribution in [1.82, 2.24) is 31.2 Å². The lowest BCUT2D eigenvalue weighted by atomic mass is 9.98. The summed E-state index contributed by atoms with van der Waals surface area (Å²) in [6, 6.07) is 23.2. The second-order valence-corrected chi connectivity index (χ2v) is 20.9. The van der Waals surface area contributed by atoms with Gasteiger partial charge in [0.25, 0.3) is 5.91 Å². The summed E-state index contributed by atoms with van der Waals surface area (Å²) >= 11 is 0. The Morgan fingerprint density at radius 2 is 1.41 bits per heavy atom. The van der Waals surface area contributed by atoms with Gasteiger partial charge in [0, 0.05) is 42.1 Å². The van der Waals surface area contributed by atoms with Crippen LogP contribution in [0.5, 0.6) is 0 Å². The van der Waals surface area contributed by atoms with Crippen molar-refractivity contribution >= 4 is 61.3 Å². The zero-order chi connectivity index (χ0) is 51.0. The Hall–Kier alpha value is -6.20. The van der Waals surface area contributed by atoms with Crippen molar-refractivity contribution in [3.63, 3.8) is 0 Å². The number of carbonyl (C=O) groups is 7. The third kappa shape index (κ3) is 16.5. The Kier molecular flexibility index (Phi) is 20.0. The number of aromatic amines is 1. The highest BCUT2D eigenvalue weighted by molar-refractivity contribution is 7.46. The molecule has 1 aliphatic heterocycles. The number of nitrogens with zero attached hydrogens (tertiary/aromatic N) is 1. The molecule has 0 spiro atoms. The second-order valence-electron chi connectivity index (χ2n) is 19.4. The van der Waals surface area contributed by atoms with Gasteiger partial charge in [-0.1, -0.05) is 66.7 Å². The van der Waals surface area contributed by atoms with Gasteiger partial charge >= 0.3 is 11.9 Å². The highest BCUT2D eigenvalue weighted by atomic mass is 31.2. The predicted molar refractivity (Wildman–Crippen MR) is 264 cm³/mol. The number of hydrogen-bond donors (Lipinski definition) is 6. The van der Waals surface area contributed by atoms with Crippen LogP contribution in [0.2, 0.25) is 0 Å². The molecule has 1 aromatic heterocycles. The van der Waals surface area contributed by atoms with Crippen molar-refractivity contribution in [3.05, 3.63) is 107 Å². The van der Waals surface area contributed by atoms with Crippen molar-refractivity contribution in [2.75, 3.05) is 26.7 Å². The molecule has 4 unspecified atom stereocenters. The second kappa shape index (κ2) is 25.6. The highest BCUT2D eigenvalue weighted by Gasteiger charge is 2.38. The van der Waals surface area contributed by atoms with Crippen LogP contribution in [-0.2, 0) is 53.5 Å². The Morgan fingerprint density at radius 3 is 1.97 bits per heavy atom. The SMILES string of the molecule is CC(CNCCC1CCC(C(=O)NC(CCC(N)=O)C(=O)NC(c2ccccc2)c2ccccc2)N1C=O)NC(=O)c1cc2cc(CP(OCOC(=O)C(C)(C)C)OCOC(=O)C(C)(C)C)ccc2[nH]1. The van der Waals surface area contributed by atoms with E-state index in [0.29, 0.717) is 44.5 Å². The minimum Gasteiger partial charge on any atom is -0.438 e. The van der Waals surface area contributed by atoms with E-state index in [2.05, 4.69) is 26.3 Å². The van der Waals surface area contributed by atoms with Gasteiger partial charge in [0.1, 0.15) is 17.8 Å². The zero-order valence-corrected chi connectivity index (χ0v) is 42.0. The fourth-order valence-electron chi connectivity index (χ4n) is 7.67. The molecule has 0 saturated carbocycles. The first-order valence-electron chi connectivity index (χ1n) is 23.5. The van der Waals surface area contributed by atoms with Gasteiger partial charge in [0.05, 0.1) is 16.9 Å². The summed E-state index contributed by atoms with van der Waals surface area (Å²) in [5.74, 6) is -2.78. The van der Waals surface area contributed by atoms with Gasteiger partial charge in [-0.3, -0.25) is 42.6 Å². The summed E-state index contributed by atoms with van der Waals surface area (Å²) in [6.45, 7) is 12.5. The third-order valence-corrected chi connectivity index (χ3v) is 13.0. The number of benzene rings is 3. The van der Waals surface area contributed by atoms with Crippen LogP contribution < -0.4 is 27.0 Å². The minimum atomic E-state index is -1.70. The first kappa shape index (κ1) is 54.7. The number of rotatable bonds is 25. The summed E-state index contributed by atoms with van der Waals surface area (Å²) < 4.78 is 22.2. The maximum absolute atomic E-state index is 13.8. The maximum atomic E-state index is 13.8. The molecular weight excluding hydrogens is 918 g/mol. The molecule has 1 saturated heterocycles. The molecule has 0 bridgehead atoms. The molecule has 18 nitrogen and oxygen atoms in total. The number of ether oxygens (including phenoxy) is 2. The fourth-order valence-corrected chi connectivity index (χ4v) is 8.76. The summed E-state index contributed by atoms with van der Waals surface area (Å²) in [4.78, 5) is 94.4. The minimum absolute atomic E-state index is 0.0202. The van der Waals surface area contributed by atoms with Crippen LogP contribution in [0.15, 0.2) is 84.9 Å². The molecule has 0 aliphatic carbocycles. The van der Waals surface area contributed by atoms with Crippen LogP contribution in [-0.4, -0.2) is 103 Å². The number of primary amides is 1. The number of esters is 2. The van der Waals surface area contributed by atoms with Crippen molar-refractivity contribution in [2.24, 2.45) is 16.6 Å². The van der Waals surface area contributed by atoms with E-state index in [-0.39, 0.29) is 50.6 Å². The van der Waals surface area contributed by atoms with E-state index in [4.69, 9.17) is 24.3 Å². The van der Waals surface area contributed by atoms with Gasteiger partial charge < -0.3 is 46.4 Å². The number of hydrogen-bond acceptors (Lipinski definition) is 12. The number of carbonyl (C=O) groups excluding carboxylic acids is 7. The number of nitrogens with two attached hydrogens (primary N) is 1. The number of fused-ring (bicyclic) bond motifs is 1. The number of amides is 5. The number of likely N-dealkylation sites (tertiary alicyclic amines) is 1. The lowest BCUT2D eigenvalue weighted by Crippen LogP contribution is -2.53. The van der Waals surface area contributed by atoms with Gasteiger partial charge in [-0.05, 0) is 116 Å². The molecule has 3 aromatic carbocycles. The predicted octanol–water partition coefficient (Wildman–Crippen LogP) is 5.85. The molecule has 2 heterocycles. The van der Waals surface area contributed by atoms with Crippen LogP contribution in [0.25, 0.3) is 10.9 Å². The van der Waals surface area contributed by atoms with Gasteiger partial charge in [-0.2, -0.15) is 0 Å². The average molecular weight is 986 g/mol. The van der Waals surface area contributed by atoms with Crippen molar-refractivity contribution in [3.8, 4) is 0 Å². The number of aromatic nitrogens is 1. The van der Waals surface area contributed by atoms with Gasteiger partial charge in [0.2, 0.25) is 24.1 Å². The van der Waals surface area contributed by atoms with E-state index < -0.39 is 67.0 Å². The smallest absolute Gasteiger partial charge is 0.313 e. The summed E-state index contributed by atoms with van der Waals surface area (Å²) in [6.07, 6.45) is 2.29. The van der Waals surface area contributed by atoms with Gasteiger partial charge in [-0.25, -0.2) is 0 Å². The Balaban J connectivity index is 1.11.